The molecule has 0 radical (unpaired) electrons. The van der Waals surface area contributed by atoms with E-state index in [4.69, 9.17) is 0 Å². The molecule has 0 unspecified atom stereocenters. The van der Waals surface area contributed by atoms with Crippen LogP contribution in [0, 0.1) is 12.8 Å². The number of anilines is 1. The van der Waals surface area contributed by atoms with E-state index in [0.29, 0.717) is 17.2 Å². The lowest BCUT2D eigenvalue weighted by Crippen LogP contribution is -2.32. The molecule has 7 nitrogen and oxygen atoms in total. The van der Waals surface area contributed by atoms with Crippen molar-refractivity contribution in [3.8, 4) is 0 Å². The number of nitrogens with zero attached hydrogens (tertiary/aromatic N) is 3. The molecular formula is C18H23N5O2S. The summed E-state index contributed by atoms with van der Waals surface area (Å²) < 4.78 is 0. The van der Waals surface area contributed by atoms with E-state index in [-0.39, 0.29) is 17.7 Å². The lowest BCUT2D eigenvalue weighted by atomic mass is 10.1. The number of aryl methyl sites for hydroxylation is 1. The second-order valence-corrected chi connectivity index (χ2v) is 7.57. The van der Waals surface area contributed by atoms with Gasteiger partial charge in [0.1, 0.15) is 5.01 Å². The average Bonchev–Trinajstić information content (AvgIpc) is 3.25. The summed E-state index contributed by atoms with van der Waals surface area (Å²) in [6.07, 6.45) is 0.896. The Hall–Kier alpha value is -2.32. The van der Waals surface area contributed by atoms with E-state index in [2.05, 4.69) is 25.7 Å². The molecule has 1 saturated heterocycles. The number of rotatable bonds is 6. The number of hydrogen-bond donors (Lipinski definition) is 2. The van der Waals surface area contributed by atoms with Crippen molar-refractivity contribution in [3.63, 3.8) is 0 Å². The van der Waals surface area contributed by atoms with Crippen molar-refractivity contribution in [2.24, 2.45) is 5.92 Å². The van der Waals surface area contributed by atoms with Gasteiger partial charge in [-0.1, -0.05) is 23.5 Å². The molecule has 138 valence electrons. The Morgan fingerprint density at radius 1 is 1.27 bits per heavy atom. The molecule has 0 saturated carbocycles. The normalized spacial score (nSPS) is 17.2. The van der Waals surface area contributed by atoms with Gasteiger partial charge in [-0.3, -0.25) is 19.8 Å². The molecule has 2 heterocycles. The van der Waals surface area contributed by atoms with Crippen molar-refractivity contribution in [3.05, 3.63) is 40.4 Å². The van der Waals surface area contributed by atoms with Crippen molar-refractivity contribution in [1.82, 2.24) is 20.4 Å². The Kier molecular flexibility index (Phi) is 5.95. The number of carbonyl (C=O) groups is 2. The summed E-state index contributed by atoms with van der Waals surface area (Å²) in [5, 5.41) is 14.7. The zero-order valence-corrected chi connectivity index (χ0v) is 15.8. The van der Waals surface area contributed by atoms with Crippen LogP contribution in [0.15, 0.2) is 24.3 Å². The first-order valence-electron chi connectivity index (χ1n) is 8.75. The lowest BCUT2D eigenvalue weighted by molar-refractivity contribution is -0.124. The SMILES string of the molecule is CCNC(=O)[C@@H]1CCN(Cc2ccc(C(=O)Nc3nnc(C)s3)cc2)C1. The van der Waals surface area contributed by atoms with Crippen LogP contribution in [0.3, 0.4) is 0 Å². The minimum Gasteiger partial charge on any atom is -0.356 e. The van der Waals surface area contributed by atoms with Crippen molar-refractivity contribution in [2.75, 3.05) is 25.0 Å². The maximum Gasteiger partial charge on any atom is 0.257 e. The first-order chi connectivity index (χ1) is 12.5. The number of likely N-dealkylation sites (tertiary alicyclic amines) is 1. The predicted octanol–water partition coefficient (Wildman–Crippen LogP) is 2.06. The Balaban J connectivity index is 1.53. The largest absolute Gasteiger partial charge is 0.356 e. The highest BCUT2D eigenvalue weighted by molar-refractivity contribution is 7.15. The van der Waals surface area contributed by atoms with E-state index in [9.17, 15) is 9.59 Å². The molecule has 3 rings (SSSR count). The first kappa shape index (κ1) is 18.5. The second-order valence-electron chi connectivity index (χ2n) is 6.39. The fourth-order valence-corrected chi connectivity index (χ4v) is 3.63. The van der Waals surface area contributed by atoms with Crippen LogP contribution in [0.1, 0.15) is 34.3 Å². The third kappa shape index (κ3) is 4.64. The summed E-state index contributed by atoms with van der Waals surface area (Å²) in [4.78, 5) is 26.4. The van der Waals surface area contributed by atoms with Crippen LogP contribution in [0.5, 0.6) is 0 Å². The minimum atomic E-state index is -0.190. The van der Waals surface area contributed by atoms with E-state index in [1.54, 1.807) is 0 Å². The minimum absolute atomic E-state index is 0.0790. The Morgan fingerprint density at radius 3 is 2.69 bits per heavy atom. The maximum absolute atomic E-state index is 12.2. The van der Waals surface area contributed by atoms with Crippen molar-refractivity contribution in [2.45, 2.75) is 26.8 Å². The van der Waals surface area contributed by atoms with Crippen LogP contribution in [-0.4, -0.2) is 46.5 Å². The van der Waals surface area contributed by atoms with Gasteiger partial charge in [0.05, 0.1) is 5.92 Å². The topological polar surface area (TPSA) is 87.2 Å². The summed E-state index contributed by atoms with van der Waals surface area (Å²) in [5.41, 5.74) is 1.72. The summed E-state index contributed by atoms with van der Waals surface area (Å²) in [5.74, 6) is 0.0365. The maximum atomic E-state index is 12.2. The summed E-state index contributed by atoms with van der Waals surface area (Å²) >= 11 is 1.35. The first-order valence-corrected chi connectivity index (χ1v) is 9.57. The molecule has 1 aliphatic rings. The number of carbonyl (C=O) groups excluding carboxylic acids is 2. The third-order valence-electron chi connectivity index (χ3n) is 4.36. The highest BCUT2D eigenvalue weighted by Gasteiger charge is 2.27. The van der Waals surface area contributed by atoms with Crippen molar-refractivity contribution in [1.29, 1.82) is 0 Å². The van der Waals surface area contributed by atoms with E-state index >= 15 is 0 Å². The standard InChI is InChI=1S/C18H23N5O2S/c1-3-19-16(24)15-8-9-23(11-15)10-13-4-6-14(7-5-13)17(25)20-18-22-21-12(2)26-18/h4-7,15H,3,8-11H2,1-2H3,(H,19,24)(H,20,22,25)/t15-/m1/s1. The molecule has 0 spiro atoms. The molecule has 0 bridgehead atoms. The average molecular weight is 373 g/mol. The molecule has 2 amide bonds. The Labute approximate surface area is 156 Å². The van der Waals surface area contributed by atoms with Gasteiger partial charge in [-0.25, -0.2) is 0 Å². The number of amides is 2. The molecule has 2 N–H and O–H groups in total. The Morgan fingerprint density at radius 2 is 2.04 bits per heavy atom. The molecule has 1 atom stereocenters. The third-order valence-corrected chi connectivity index (χ3v) is 5.12. The van der Waals surface area contributed by atoms with Gasteiger partial charge in [-0.2, -0.15) is 0 Å². The van der Waals surface area contributed by atoms with Gasteiger partial charge < -0.3 is 5.32 Å². The predicted molar refractivity (Wildman–Crippen MR) is 101 cm³/mol. The van der Waals surface area contributed by atoms with Gasteiger partial charge in [0.2, 0.25) is 11.0 Å². The lowest BCUT2D eigenvalue weighted by Gasteiger charge is -2.16. The summed E-state index contributed by atoms with van der Waals surface area (Å²) in [7, 11) is 0. The quantitative estimate of drug-likeness (QED) is 0.809. The van der Waals surface area contributed by atoms with Gasteiger partial charge >= 0.3 is 0 Å². The van der Waals surface area contributed by atoms with Crippen LogP contribution in [-0.2, 0) is 11.3 Å². The smallest absolute Gasteiger partial charge is 0.257 e. The highest BCUT2D eigenvalue weighted by Crippen LogP contribution is 2.20. The van der Waals surface area contributed by atoms with Crippen molar-refractivity contribution < 1.29 is 9.59 Å². The molecule has 8 heteroatoms. The van der Waals surface area contributed by atoms with E-state index in [1.165, 1.54) is 11.3 Å². The molecule has 1 aromatic carbocycles. The van der Waals surface area contributed by atoms with E-state index in [0.717, 1.165) is 36.6 Å². The van der Waals surface area contributed by atoms with E-state index in [1.807, 2.05) is 38.1 Å². The molecule has 1 aliphatic heterocycles. The van der Waals surface area contributed by atoms with Crippen LogP contribution in [0.25, 0.3) is 0 Å². The van der Waals surface area contributed by atoms with Crippen molar-refractivity contribution >= 4 is 28.3 Å². The molecule has 2 aromatic rings. The van der Waals surface area contributed by atoms with E-state index < -0.39 is 0 Å². The fourth-order valence-electron chi connectivity index (χ4n) is 3.04. The van der Waals surface area contributed by atoms with Gasteiger partial charge in [-0.15, -0.1) is 10.2 Å². The molecule has 1 fully saturated rings. The number of benzene rings is 1. The van der Waals surface area contributed by atoms with Crippen LogP contribution < -0.4 is 10.6 Å². The Bertz CT molecular complexity index is 774. The highest BCUT2D eigenvalue weighted by atomic mass is 32.1. The van der Waals surface area contributed by atoms with Gasteiger partial charge in [-0.05, 0) is 44.5 Å². The van der Waals surface area contributed by atoms with Gasteiger partial charge in [0, 0.05) is 25.2 Å². The van der Waals surface area contributed by atoms with Crippen LogP contribution in [0.4, 0.5) is 5.13 Å². The number of nitrogens with one attached hydrogen (secondary N) is 2. The molecule has 26 heavy (non-hydrogen) atoms. The van der Waals surface area contributed by atoms with Gasteiger partial charge in [0.25, 0.3) is 5.91 Å². The monoisotopic (exact) mass is 373 g/mol. The number of hydrogen-bond acceptors (Lipinski definition) is 6. The van der Waals surface area contributed by atoms with Gasteiger partial charge in [0.15, 0.2) is 0 Å². The molecule has 0 aliphatic carbocycles. The second kappa shape index (κ2) is 8.37. The fraction of sp³-hybridized carbons (Fsp3) is 0.444. The van der Waals surface area contributed by atoms with Crippen LogP contribution >= 0.6 is 11.3 Å². The molecular weight excluding hydrogens is 350 g/mol. The summed E-state index contributed by atoms with van der Waals surface area (Å²) in [6.45, 7) is 6.94. The summed E-state index contributed by atoms with van der Waals surface area (Å²) in [6, 6.07) is 7.55. The number of aromatic nitrogens is 2. The zero-order valence-electron chi connectivity index (χ0n) is 15.0. The van der Waals surface area contributed by atoms with Crippen LogP contribution in [0.2, 0.25) is 0 Å². The zero-order chi connectivity index (χ0) is 18.5. The molecule has 1 aromatic heterocycles.